The van der Waals surface area contributed by atoms with Crippen LogP contribution in [0.3, 0.4) is 0 Å². The second-order valence-electron chi connectivity index (χ2n) is 14.0. The zero-order chi connectivity index (χ0) is 34.4. The van der Waals surface area contributed by atoms with Crippen molar-refractivity contribution in [1.82, 2.24) is 24.1 Å². The minimum Gasteiger partial charge on any atom is -0.341 e. The summed E-state index contributed by atoms with van der Waals surface area (Å²) in [6.45, 7) is 11.8. The van der Waals surface area contributed by atoms with Gasteiger partial charge in [0, 0.05) is 70.7 Å². The molecule has 1 aliphatic rings. The molecule has 1 unspecified atom stereocenters. The smallest absolute Gasteiger partial charge is 0.123 e. The molecule has 0 N–H and O–H groups in total. The number of nitrogens with zero attached hydrogens (tertiary/aromatic N) is 5. The van der Waals surface area contributed by atoms with Gasteiger partial charge in [0.1, 0.15) is 5.82 Å². The van der Waals surface area contributed by atoms with Gasteiger partial charge < -0.3 is 4.57 Å². The maximum absolute atomic E-state index is 14.4. The number of hydrogen-bond donors (Lipinski definition) is 0. The molecule has 1 aliphatic heterocycles. The topological polar surface area (TPSA) is 40.6 Å². The van der Waals surface area contributed by atoms with Gasteiger partial charge in [0.15, 0.2) is 0 Å². The first kappa shape index (κ1) is 33.3. The molecule has 0 saturated carbocycles. The van der Waals surface area contributed by atoms with E-state index in [0.29, 0.717) is 0 Å². The highest BCUT2D eigenvalue weighted by atomic mass is 35.5. The highest BCUT2D eigenvalue weighted by Crippen LogP contribution is 2.45. The third kappa shape index (κ3) is 6.14. The van der Waals surface area contributed by atoms with Gasteiger partial charge >= 0.3 is 0 Å². The van der Waals surface area contributed by atoms with Crippen molar-refractivity contribution in [3.05, 3.63) is 111 Å². The van der Waals surface area contributed by atoms with Crippen molar-refractivity contribution in [3.8, 4) is 11.1 Å². The molecule has 5 nitrogen and oxygen atoms in total. The Kier molecular flexibility index (Phi) is 9.27. The summed E-state index contributed by atoms with van der Waals surface area (Å²) < 4.78 is 20.9. The van der Waals surface area contributed by atoms with Crippen LogP contribution in [0.5, 0.6) is 0 Å². The summed E-state index contributed by atoms with van der Waals surface area (Å²) in [5, 5.41) is 14.2. The molecule has 1 atom stereocenters. The first-order chi connectivity index (χ1) is 23.7. The number of aryl methyl sites for hydroxylation is 8. The van der Waals surface area contributed by atoms with Crippen LogP contribution in [0, 0.1) is 19.7 Å². The van der Waals surface area contributed by atoms with Gasteiger partial charge in [-0.05, 0) is 129 Å². The zero-order valence-corrected chi connectivity index (χ0v) is 30.3. The van der Waals surface area contributed by atoms with Gasteiger partial charge in [-0.15, -0.1) is 0 Å². The summed E-state index contributed by atoms with van der Waals surface area (Å²) in [6.07, 6.45) is 10.7. The molecular formula is C42H47ClFN5. The number of hydrogen-bond acceptors (Lipinski definition) is 2. The van der Waals surface area contributed by atoms with Crippen molar-refractivity contribution in [3.63, 3.8) is 0 Å². The monoisotopic (exact) mass is 675 g/mol. The van der Waals surface area contributed by atoms with E-state index in [4.69, 9.17) is 21.8 Å². The minimum atomic E-state index is -0.190. The molecule has 3 aromatic carbocycles. The zero-order valence-electron chi connectivity index (χ0n) is 29.5. The van der Waals surface area contributed by atoms with Crippen LogP contribution in [0.4, 0.5) is 4.39 Å². The van der Waals surface area contributed by atoms with Crippen LogP contribution in [0.2, 0.25) is 5.02 Å². The van der Waals surface area contributed by atoms with Crippen molar-refractivity contribution < 1.29 is 4.39 Å². The van der Waals surface area contributed by atoms with Crippen molar-refractivity contribution in [2.75, 3.05) is 0 Å². The molecule has 7 rings (SSSR count). The van der Waals surface area contributed by atoms with E-state index in [9.17, 15) is 4.39 Å². The number of aromatic nitrogens is 5. The molecule has 0 saturated heterocycles. The Hall–Kier alpha value is -4.16. The molecule has 254 valence electrons. The highest BCUT2D eigenvalue weighted by Gasteiger charge is 2.28. The number of benzene rings is 3. The predicted molar refractivity (Wildman–Crippen MR) is 202 cm³/mol. The summed E-state index contributed by atoms with van der Waals surface area (Å²) in [5.41, 5.74) is 12.9. The molecule has 0 radical (unpaired) electrons. The second kappa shape index (κ2) is 13.6. The molecule has 49 heavy (non-hydrogen) atoms. The Morgan fingerprint density at radius 2 is 1.78 bits per heavy atom. The normalized spacial score (nSPS) is 15.9. The van der Waals surface area contributed by atoms with Gasteiger partial charge in [0.25, 0.3) is 0 Å². The van der Waals surface area contributed by atoms with Crippen LogP contribution < -0.4 is 0 Å². The van der Waals surface area contributed by atoms with E-state index in [1.807, 2.05) is 21.5 Å². The molecule has 4 heterocycles. The molecule has 0 aliphatic carbocycles. The SMILES string of the molecule is C=Cc1c(C)c2c3c(Cl)ccc2n1CCCCc1cc(cc2cc(F)ccc12)CCc1cc(nn1C)CCC(CCC)c1nn(C)c(C)c1-3. The van der Waals surface area contributed by atoms with Crippen LogP contribution in [0.15, 0.2) is 55.1 Å². The van der Waals surface area contributed by atoms with E-state index >= 15 is 0 Å². The molecule has 8 bridgehead atoms. The maximum atomic E-state index is 14.4. The average Bonchev–Trinajstić information content (AvgIpc) is 3.68. The Balaban J connectivity index is 1.38. The van der Waals surface area contributed by atoms with E-state index < -0.39 is 0 Å². The van der Waals surface area contributed by atoms with Crippen LogP contribution in [-0.4, -0.2) is 24.1 Å². The Morgan fingerprint density at radius 3 is 2.57 bits per heavy atom. The Labute approximate surface area is 294 Å². The molecule has 6 aromatic rings. The van der Waals surface area contributed by atoms with E-state index in [0.717, 1.165) is 108 Å². The van der Waals surface area contributed by atoms with Crippen LogP contribution in [0.25, 0.3) is 38.9 Å². The standard InChI is InChI=1S/C42H47ClFN5/c1-7-11-29-14-16-33-25-34(48(6)45-33)17-13-28-22-30(35-18-15-32(44)24-31(35)23-28)12-9-10-21-49-37(8-2)26(3)39-38(49)20-19-36(43)41(39)40-27(4)47(5)46-42(29)40/h8,15,18-20,22-25,29H,2,7,9-14,16-17,21H2,1,3-6H3. The van der Waals surface area contributed by atoms with Crippen LogP contribution in [-0.2, 0) is 46.3 Å². The van der Waals surface area contributed by atoms with Crippen molar-refractivity contribution >= 4 is 39.4 Å². The van der Waals surface area contributed by atoms with Gasteiger partial charge in [-0.25, -0.2) is 4.39 Å². The van der Waals surface area contributed by atoms with Gasteiger partial charge in [0.2, 0.25) is 0 Å². The fourth-order valence-corrected chi connectivity index (χ4v) is 8.57. The summed E-state index contributed by atoms with van der Waals surface area (Å²) in [6, 6.07) is 16.3. The van der Waals surface area contributed by atoms with Crippen molar-refractivity contribution in [2.24, 2.45) is 14.1 Å². The van der Waals surface area contributed by atoms with Gasteiger partial charge in [-0.2, -0.15) is 10.2 Å². The first-order valence-corrected chi connectivity index (χ1v) is 18.3. The Morgan fingerprint density at radius 1 is 0.939 bits per heavy atom. The lowest BCUT2D eigenvalue weighted by atomic mass is 9.87. The number of rotatable bonds is 3. The lowest BCUT2D eigenvalue weighted by Gasteiger charge is -2.17. The van der Waals surface area contributed by atoms with E-state index in [2.05, 4.69) is 76.3 Å². The third-order valence-electron chi connectivity index (χ3n) is 10.9. The molecule has 0 fully saturated rings. The molecule has 7 heteroatoms. The van der Waals surface area contributed by atoms with Crippen LogP contribution >= 0.6 is 11.6 Å². The van der Waals surface area contributed by atoms with E-state index in [-0.39, 0.29) is 11.7 Å². The van der Waals surface area contributed by atoms with E-state index in [1.165, 1.54) is 38.9 Å². The summed E-state index contributed by atoms with van der Waals surface area (Å²) in [7, 11) is 4.10. The fraction of sp³-hybridized carbons (Fsp3) is 0.381. The van der Waals surface area contributed by atoms with E-state index in [1.54, 1.807) is 12.1 Å². The highest BCUT2D eigenvalue weighted by molar-refractivity contribution is 6.35. The molecule has 0 spiro atoms. The number of halogens is 2. The average molecular weight is 676 g/mol. The lowest BCUT2D eigenvalue weighted by molar-refractivity contribution is 0.540. The summed E-state index contributed by atoms with van der Waals surface area (Å²) in [4.78, 5) is 0. The largest absolute Gasteiger partial charge is 0.341 e. The molecule has 3 aromatic heterocycles. The maximum Gasteiger partial charge on any atom is 0.123 e. The summed E-state index contributed by atoms with van der Waals surface area (Å²) >= 11 is 7.21. The quantitative estimate of drug-likeness (QED) is 0.187. The van der Waals surface area contributed by atoms with Gasteiger partial charge in [-0.3, -0.25) is 9.36 Å². The lowest BCUT2D eigenvalue weighted by Crippen LogP contribution is -2.05. The first-order valence-electron chi connectivity index (χ1n) is 17.9. The fourth-order valence-electron chi connectivity index (χ4n) is 8.32. The second-order valence-corrected chi connectivity index (χ2v) is 14.4. The van der Waals surface area contributed by atoms with Crippen LogP contribution in [0.1, 0.15) is 90.1 Å². The minimum absolute atomic E-state index is 0.190. The molecular weight excluding hydrogens is 629 g/mol. The predicted octanol–water partition coefficient (Wildman–Crippen LogP) is 10.6. The van der Waals surface area contributed by atoms with Gasteiger partial charge in [-0.1, -0.05) is 49.7 Å². The summed E-state index contributed by atoms with van der Waals surface area (Å²) in [5.74, 6) is 0.0769. The Bertz CT molecular complexity index is 2200. The van der Waals surface area contributed by atoms with Gasteiger partial charge in [0.05, 0.1) is 11.4 Å². The third-order valence-corrected chi connectivity index (χ3v) is 11.2. The van der Waals surface area contributed by atoms with Crippen molar-refractivity contribution in [1.29, 1.82) is 0 Å². The number of fused-ring (bicyclic) bond motifs is 8. The molecule has 0 amide bonds. The van der Waals surface area contributed by atoms with Crippen molar-refractivity contribution in [2.45, 2.75) is 91.0 Å².